The topological polar surface area (TPSA) is 34.1 Å². The van der Waals surface area contributed by atoms with E-state index in [1.165, 1.54) is 5.56 Å². The highest BCUT2D eigenvalue weighted by atomic mass is 32.1. The number of hydrogen-bond donors (Lipinski definition) is 2. The highest BCUT2D eigenvalue weighted by Gasteiger charge is 1.96. The van der Waals surface area contributed by atoms with Crippen molar-refractivity contribution >= 4 is 12.6 Å². The Kier molecular flexibility index (Phi) is 8.05. The molecule has 96 valence electrons. The lowest BCUT2D eigenvalue weighted by Crippen LogP contribution is -2.15. The number of rotatable bonds is 9. The summed E-state index contributed by atoms with van der Waals surface area (Å²) in [7, 11) is 0. The molecule has 1 aromatic heterocycles. The van der Waals surface area contributed by atoms with Crippen LogP contribution in [0.3, 0.4) is 0 Å². The molecule has 0 atom stereocenters. The summed E-state index contributed by atoms with van der Waals surface area (Å²) in [5.74, 6) is 0.932. The van der Waals surface area contributed by atoms with Crippen molar-refractivity contribution in [1.29, 1.82) is 0 Å². The molecule has 0 aliphatic carbocycles. The summed E-state index contributed by atoms with van der Waals surface area (Å²) in [6.07, 6.45) is 3.93. The molecule has 0 bridgehead atoms. The minimum Gasteiger partial charge on any atom is -0.381 e. The molecule has 0 spiro atoms. The van der Waals surface area contributed by atoms with Crippen LogP contribution in [0.5, 0.6) is 0 Å². The van der Waals surface area contributed by atoms with Crippen LogP contribution in [-0.2, 0) is 17.7 Å². The normalized spacial score (nSPS) is 10.7. The van der Waals surface area contributed by atoms with E-state index in [2.05, 4.69) is 35.1 Å². The molecule has 4 heteroatoms. The van der Waals surface area contributed by atoms with Gasteiger partial charge < -0.3 is 10.1 Å². The third-order valence-electron chi connectivity index (χ3n) is 2.43. The summed E-state index contributed by atoms with van der Waals surface area (Å²) in [6, 6.07) is 4.20. The van der Waals surface area contributed by atoms with Crippen molar-refractivity contribution in [2.45, 2.75) is 26.3 Å². The van der Waals surface area contributed by atoms with E-state index in [-0.39, 0.29) is 0 Å². The zero-order chi connectivity index (χ0) is 12.3. The summed E-state index contributed by atoms with van der Waals surface area (Å²) < 4.78 is 5.30. The summed E-state index contributed by atoms with van der Waals surface area (Å²) in [5, 5.41) is 3.36. The molecule has 3 nitrogen and oxygen atoms in total. The van der Waals surface area contributed by atoms with Crippen molar-refractivity contribution in [1.82, 2.24) is 10.3 Å². The van der Waals surface area contributed by atoms with Crippen molar-refractivity contribution in [3.05, 3.63) is 29.6 Å². The molecule has 0 radical (unpaired) electrons. The monoisotopic (exact) mass is 254 g/mol. The average Bonchev–Trinajstić information content (AvgIpc) is 2.37. The van der Waals surface area contributed by atoms with Gasteiger partial charge in [0, 0.05) is 31.5 Å². The Bertz CT molecular complexity index is 290. The Labute approximate surface area is 109 Å². The number of aromatic nitrogens is 1. The van der Waals surface area contributed by atoms with Gasteiger partial charge in [-0.1, -0.05) is 6.07 Å². The minimum atomic E-state index is 0.753. The molecule has 0 aromatic carbocycles. The van der Waals surface area contributed by atoms with Crippen LogP contribution in [0.4, 0.5) is 0 Å². The number of pyridine rings is 1. The Morgan fingerprint density at radius 2 is 2.29 bits per heavy atom. The van der Waals surface area contributed by atoms with Crippen LogP contribution in [0.25, 0.3) is 0 Å². The molecule has 0 aliphatic rings. The second-order valence-corrected chi connectivity index (χ2v) is 4.31. The molecule has 0 unspecified atom stereocenters. The minimum absolute atomic E-state index is 0.753. The van der Waals surface area contributed by atoms with E-state index in [0.717, 1.165) is 50.6 Å². The van der Waals surface area contributed by atoms with Gasteiger partial charge in [0.25, 0.3) is 0 Å². The molecule has 1 N–H and O–H groups in total. The molecule has 17 heavy (non-hydrogen) atoms. The number of thiol groups is 1. The second-order valence-electron chi connectivity index (χ2n) is 3.86. The van der Waals surface area contributed by atoms with E-state index < -0.39 is 0 Å². The van der Waals surface area contributed by atoms with Crippen LogP contribution in [0.15, 0.2) is 18.3 Å². The third kappa shape index (κ3) is 6.66. The largest absolute Gasteiger partial charge is 0.381 e. The van der Waals surface area contributed by atoms with Gasteiger partial charge in [0.2, 0.25) is 0 Å². The smallest absolute Gasteiger partial charge is 0.0521 e. The maximum Gasteiger partial charge on any atom is 0.0521 e. The first kappa shape index (κ1) is 14.5. The first-order valence-corrected chi connectivity index (χ1v) is 6.83. The summed E-state index contributed by atoms with van der Waals surface area (Å²) >= 11 is 4.17. The molecule has 1 rings (SSSR count). The van der Waals surface area contributed by atoms with Crippen LogP contribution < -0.4 is 5.32 Å². The third-order valence-corrected chi connectivity index (χ3v) is 2.75. The van der Waals surface area contributed by atoms with Crippen LogP contribution in [0.2, 0.25) is 0 Å². The Hall–Kier alpha value is -0.580. The SMILES string of the molecule is CCOCCc1ccc(CNCCCS)cn1. The number of nitrogens with one attached hydrogen (secondary N) is 1. The number of hydrogen-bond acceptors (Lipinski definition) is 4. The van der Waals surface area contributed by atoms with Crippen molar-refractivity contribution in [2.24, 2.45) is 0 Å². The van der Waals surface area contributed by atoms with Crippen LogP contribution >= 0.6 is 12.6 Å². The molecule has 1 aromatic rings. The van der Waals surface area contributed by atoms with Gasteiger partial charge in [0.05, 0.1) is 6.61 Å². The molecule has 0 saturated heterocycles. The molecule has 0 fully saturated rings. The van der Waals surface area contributed by atoms with Crippen molar-refractivity contribution < 1.29 is 4.74 Å². The van der Waals surface area contributed by atoms with Crippen LogP contribution in [-0.4, -0.2) is 30.5 Å². The predicted octanol–water partition coefficient (Wildman–Crippen LogP) is 2.07. The maximum atomic E-state index is 5.30. The van der Waals surface area contributed by atoms with E-state index in [4.69, 9.17) is 4.74 Å². The average molecular weight is 254 g/mol. The van der Waals surface area contributed by atoms with Gasteiger partial charge in [-0.15, -0.1) is 0 Å². The lowest BCUT2D eigenvalue weighted by atomic mass is 10.2. The molecule has 0 amide bonds. The molecular formula is C13H22N2OS. The molecule has 0 saturated carbocycles. The first-order valence-electron chi connectivity index (χ1n) is 6.20. The second kappa shape index (κ2) is 9.45. The van der Waals surface area contributed by atoms with Gasteiger partial charge in [-0.2, -0.15) is 12.6 Å². The molecule has 0 aliphatic heterocycles. The van der Waals surface area contributed by atoms with E-state index >= 15 is 0 Å². The predicted molar refractivity (Wildman–Crippen MR) is 74.6 cm³/mol. The molecule has 1 heterocycles. The molecular weight excluding hydrogens is 232 g/mol. The van der Waals surface area contributed by atoms with Crippen molar-refractivity contribution in [3.63, 3.8) is 0 Å². The van der Waals surface area contributed by atoms with Crippen LogP contribution in [0.1, 0.15) is 24.6 Å². The van der Waals surface area contributed by atoms with Gasteiger partial charge in [-0.25, -0.2) is 0 Å². The van der Waals surface area contributed by atoms with Gasteiger partial charge in [-0.3, -0.25) is 4.98 Å². The van der Waals surface area contributed by atoms with Crippen molar-refractivity contribution in [3.8, 4) is 0 Å². The van der Waals surface area contributed by atoms with E-state index in [0.29, 0.717) is 0 Å². The fourth-order valence-corrected chi connectivity index (χ4v) is 1.62. The Morgan fingerprint density at radius 3 is 2.94 bits per heavy atom. The lowest BCUT2D eigenvalue weighted by Gasteiger charge is -2.05. The summed E-state index contributed by atoms with van der Waals surface area (Å²) in [4.78, 5) is 4.41. The van der Waals surface area contributed by atoms with Gasteiger partial charge in [-0.05, 0) is 37.3 Å². The standard InChI is InChI=1S/C13H22N2OS/c1-2-16-8-6-13-5-4-12(11-15-13)10-14-7-3-9-17/h4-5,11,14,17H,2-3,6-10H2,1H3. The van der Waals surface area contributed by atoms with Crippen molar-refractivity contribution in [2.75, 3.05) is 25.5 Å². The highest BCUT2D eigenvalue weighted by molar-refractivity contribution is 7.80. The zero-order valence-electron chi connectivity index (χ0n) is 10.5. The fraction of sp³-hybridized carbons (Fsp3) is 0.615. The first-order chi connectivity index (χ1) is 8.36. The maximum absolute atomic E-state index is 5.30. The Morgan fingerprint density at radius 1 is 1.41 bits per heavy atom. The van der Waals surface area contributed by atoms with Crippen LogP contribution in [0, 0.1) is 0 Å². The van der Waals surface area contributed by atoms with E-state index in [9.17, 15) is 0 Å². The number of ether oxygens (including phenoxy) is 1. The fourth-order valence-electron chi connectivity index (χ4n) is 1.47. The van der Waals surface area contributed by atoms with Gasteiger partial charge in [0.15, 0.2) is 0 Å². The van der Waals surface area contributed by atoms with Gasteiger partial charge in [0.1, 0.15) is 0 Å². The highest BCUT2D eigenvalue weighted by Crippen LogP contribution is 2.01. The number of nitrogens with zero attached hydrogens (tertiary/aromatic N) is 1. The lowest BCUT2D eigenvalue weighted by molar-refractivity contribution is 0.150. The quantitative estimate of drug-likeness (QED) is 0.523. The summed E-state index contributed by atoms with van der Waals surface area (Å²) in [6.45, 7) is 5.42. The van der Waals surface area contributed by atoms with E-state index in [1.807, 2.05) is 13.1 Å². The Balaban J connectivity index is 2.24. The van der Waals surface area contributed by atoms with Gasteiger partial charge >= 0.3 is 0 Å². The zero-order valence-corrected chi connectivity index (χ0v) is 11.4. The summed E-state index contributed by atoms with van der Waals surface area (Å²) in [5.41, 5.74) is 2.32. The van der Waals surface area contributed by atoms with E-state index in [1.54, 1.807) is 0 Å².